The molecule has 0 saturated heterocycles. The average molecular weight is 389 g/mol. The summed E-state index contributed by atoms with van der Waals surface area (Å²) in [6.45, 7) is 2.06. The van der Waals surface area contributed by atoms with Crippen molar-refractivity contribution in [1.82, 2.24) is 4.98 Å². The second-order valence-corrected chi connectivity index (χ2v) is 6.63. The monoisotopic (exact) mass is 387 g/mol. The van der Waals surface area contributed by atoms with E-state index in [1.807, 2.05) is 0 Å². The highest BCUT2D eigenvalue weighted by Gasteiger charge is 2.31. The SMILES string of the molecule is Cc1nc(CC(CBr)(CBr)c2ccccc2)cs1. The lowest BCUT2D eigenvalue weighted by molar-refractivity contribution is 0.544. The van der Waals surface area contributed by atoms with E-state index in [0.29, 0.717) is 0 Å². The number of hydrogen-bond acceptors (Lipinski definition) is 2. The molecule has 0 spiro atoms. The smallest absolute Gasteiger partial charge is 0.0897 e. The lowest BCUT2D eigenvalue weighted by atomic mass is 9.80. The molecule has 0 saturated carbocycles. The van der Waals surface area contributed by atoms with Gasteiger partial charge in [-0.05, 0) is 12.5 Å². The third-order valence-electron chi connectivity index (χ3n) is 3.08. The summed E-state index contributed by atoms with van der Waals surface area (Å²) in [4.78, 5) is 4.59. The van der Waals surface area contributed by atoms with E-state index in [4.69, 9.17) is 0 Å². The van der Waals surface area contributed by atoms with Gasteiger partial charge in [0.05, 0.1) is 10.7 Å². The minimum absolute atomic E-state index is 0.0712. The van der Waals surface area contributed by atoms with E-state index in [1.165, 1.54) is 11.3 Å². The van der Waals surface area contributed by atoms with Gasteiger partial charge in [-0.1, -0.05) is 62.2 Å². The van der Waals surface area contributed by atoms with Gasteiger partial charge in [0.2, 0.25) is 0 Å². The molecule has 0 unspecified atom stereocenters. The Morgan fingerprint density at radius 3 is 2.33 bits per heavy atom. The molecule has 0 amide bonds. The molecule has 4 heteroatoms. The molecule has 1 nitrogen and oxygen atoms in total. The summed E-state index contributed by atoms with van der Waals surface area (Å²) < 4.78 is 0. The first-order valence-corrected chi connectivity index (χ1v) is 8.91. The Kier molecular flexibility index (Phi) is 4.98. The second-order valence-electron chi connectivity index (χ2n) is 4.45. The lowest BCUT2D eigenvalue weighted by Crippen LogP contribution is -2.33. The number of benzene rings is 1. The molecular weight excluding hydrogens is 374 g/mol. The summed E-state index contributed by atoms with van der Waals surface area (Å²) >= 11 is 9.08. The Morgan fingerprint density at radius 1 is 1.17 bits per heavy atom. The highest BCUT2D eigenvalue weighted by Crippen LogP contribution is 2.33. The van der Waals surface area contributed by atoms with E-state index in [2.05, 4.69) is 79.5 Å². The summed E-state index contributed by atoms with van der Waals surface area (Å²) in [6, 6.07) is 10.6. The number of alkyl halides is 2. The van der Waals surface area contributed by atoms with Crippen molar-refractivity contribution in [2.75, 3.05) is 10.7 Å². The van der Waals surface area contributed by atoms with Crippen LogP contribution in [0.2, 0.25) is 0 Å². The van der Waals surface area contributed by atoms with Gasteiger partial charge in [-0.15, -0.1) is 11.3 Å². The van der Waals surface area contributed by atoms with E-state index < -0.39 is 0 Å². The molecule has 96 valence electrons. The lowest BCUT2D eigenvalue weighted by Gasteiger charge is -2.30. The molecule has 0 aliphatic heterocycles. The average Bonchev–Trinajstić information content (AvgIpc) is 2.82. The van der Waals surface area contributed by atoms with Gasteiger partial charge in [-0.25, -0.2) is 4.98 Å². The van der Waals surface area contributed by atoms with Crippen LogP contribution in [-0.4, -0.2) is 15.6 Å². The van der Waals surface area contributed by atoms with Gasteiger partial charge in [-0.2, -0.15) is 0 Å². The topological polar surface area (TPSA) is 12.9 Å². The molecule has 1 aromatic heterocycles. The Balaban J connectivity index is 2.32. The van der Waals surface area contributed by atoms with Crippen molar-refractivity contribution < 1.29 is 0 Å². The zero-order valence-electron chi connectivity index (χ0n) is 10.2. The van der Waals surface area contributed by atoms with Gasteiger partial charge in [0.1, 0.15) is 0 Å². The molecule has 0 bridgehead atoms. The molecule has 0 aliphatic carbocycles. The minimum Gasteiger partial charge on any atom is -0.247 e. The first kappa shape index (κ1) is 14.2. The maximum absolute atomic E-state index is 4.59. The van der Waals surface area contributed by atoms with Crippen LogP contribution in [-0.2, 0) is 11.8 Å². The van der Waals surface area contributed by atoms with Gasteiger partial charge >= 0.3 is 0 Å². The Morgan fingerprint density at radius 2 is 1.83 bits per heavy atom. The van der Waals surface area contributed by atoms with Gasteiger partial charge in [-0.3, -0.25) is 0 Å². The summed E-state index contributed by atoms with van der Waals surface area (Å²) in [5, 5.41) is 5.15. The summed E-state index contributed by atoms with van der Waals surface area (Å²) in [7, 11) is 0. The van der Waals surface area contributed by atoms with E-state index >= 15 is 0 Å². The van der Waals surface area contributed by atoms with Gasteiger partial charge < -0.3 is 0 Å². The number of hydrogen-bond donors (Lipinski definition) is 0. The molecule has 0 aliphatic rings. The summed E-state index contributed by atoms with van der Waals surface area (Å²) in [6.07, 6.45) is 0.956. The van der Waals surface area contributed by atoms with Gasteiger partial charge in [0.25, 0.3) is 0 Å². The van der Waals surface area contributed by atoms with Crippen LogP contribution in [0.5, 0.6) is 0 Å². The van der Waals surface area contributed by atoms with Crippen LogP contribution in [0.1, 0.15) is 16.3 Å². The minimum atomic E-state index is 0.0712. The fourth-order valence-electron chi connectivity index (χ4n) is 2.01. The molecular formula is C14H15Br2NS. The van der Waals surface area contributed by atoms with Crippen molar-refractivity contribution in [1.29, 1.82) is 0 Å². The zero-order chi connectivity index (χ0) is 13.0. The van der Waals surface area contributed by atoms with Crippen LogP contribution in [0.25, 0.3) is 0 Å². The Bertz CT molecular complexity index is 492. The van der Waals surface area contributed by atoms with Crippen molar-refractivity contribution in [2.45, 2.75) is 18.8 Å². The highest BCUT2D eigenvalue weighted by atomic mass is 79.9. The van der Waals surface area contributed by atoms with Crippen LogP contribution in [0.4, 0.5) is 0 Å². The van der Waals surface area contributed by atoms with Crippen molar-refractivity contribution in [3.8, 4) is 0 Å². The zero-order valence-corrected chi connectivity index (χ0v) is 14.2. The van der Waals surface area contributed by atoms with Crippen LogP contribution in [0.3, 0.4) is 0 Å². The number of nitrogens with zero attached hydrogens (tertiary/aromatic N) is 1. The first-order chi connectivity index (χ1) is 8.70. The van der Waals surface area contributed by atoms with E-state index in [1.54, 1.807) is 11.3 Å². The molecule has 0 radical (unpaired) electrons. The summed E-state index contributed by atoms with van der Waals surface area (Å²) in [5.74, 6) is 0. The van der Waals surface area contributed by atoms with Crippen LogP contribution >= 0.6 is 43.2 Å². The van der Waals surface area contributed by atoms with Crippen molar-refractivity contribution in [2.24, 2.45) is 0 Å². The van der Waals surface area contributed by atoms with Crippen molar-refractivity contribution >= 4 is 43.2 Å². The van der Waals surface area contributed by atoms with Crippen molar-refractivity contribution in [3.05, 3.63) is 52.0 Å². The predicted molar refractivity (Wildman–Crippen MR) is 86.3 cm³/mol. The molecule has 2 rings (SSSR count). The van der Waals surface area contributed by atoms with Crippen molar-refractivity contribution in [3.63, 3.8) is 0 Å². The number of aryl methyl sites for hydroxylation is 1. The molecule has 18 heavy (non-hydrogen) atoms. The Labute approximate surface area is 129 Å². The summed E-state index contributed by atoms with van der Waals surface area (Å²) in [5.41, 5.74) is 2.60. The quantitative estimate of drug-likeness (QED) is 0.675. The second kappa shape index (κ2) is 6.31. The van der Waals surface area contributed by atoms with Crippen LogP contribution in [0, 0.1) is 6.92 Å². The predicted octanol–water partition coefficient (Wildman–Crippen LogP) is 4.72. The van der Waals surface area contributed by atoms with Crippen LogP contribution < -0.4 is 0 Å². The maximum Gasteiger partial charge on any atom is 0.0897 e. The first-order valence-electron chi connectivity index (χ1n) is 5.79. The van der Waals surface area contributed by atoms with Gasteiger partial charge in [0, 0.05) is 27.9 Å². The van der Waals surface area contributed by atoms with E-state index in [-0.39, 0.29) is 5.41 Å². The number of rotatable bonds is 5. The van der Waals surface area contributed by atoms with E-state index in [9.17, 15) is 0 Å². The third-order valence-corrected chi connectivity index (χ3v) is 6.05. The molecule has 2 aromatic rings. The molecule has 0 atom stereocenters. The maximum atomic E-state index is 4.59. The standard InChI is InChI=1S/C14H15Br2NS/c1-11-17-13(8-18-11)7-14(9-15,10-16)12-5-3-2-4-6-12/h2-6,8H,7,9-10H2,1H3. The van der Waals surface area contributed by atoms with E-state index in [0.717, 1.165) is 22.1 Å². The van der Waals surface area contributed by atoms with Crippen LogP contribution in [0.15, 0.2) is 35.7 Å². The highest BCUT2D eigenvalue weighted by molar-refractivity contribution is 9.09. The number of halogens is 2. The number of aromatic nitrogens is 1. The molecule has 0 N–H and O–H groups in total. The van der Waals surface area contributed by atoms with Gasteiger partial charge in [0.15, 0.2) is 0 Å². The fourth-order valence-corrected chi connectivity index (χ4v) is 4.60. The molecule has 1 heterocycles. The molecule has 1 aromatic carbocycles. The molecule has 0 fully saturated rings. The fraction of sp³-hybridized carbons (Fsp3) is 0.357. The third kappa shape index (κ3) is 3.03. The normalized spacial score (nSPS) is 11.7. The Hall–Kier alpha value is -0.190. The largest absolute Gasteiger partial charge is 0.247 e. The number of thiazole rings is 1.